The maximum atomic E-state index is 12.4. The van der Waals surface area contributed by atoms with E-state index in [9.17, 15) is 4.79 Å². The van der Waals surface area contributed by atoms with Crippen LogP contribution in [0.5, 0.6) is 0 Å². The first-order chi connectivity index (χ1) is 6.78. The summed E-state index contributed by atoms with van der Waals surface area (Å²) in [4.78, 5) is 12.4. The number of nitrogens with one attached hydrogen (secondary N) is 1. The van der Waals surface area contributed by atoms with E-state index < -0.39 is 0 Å². The lowest BCUT2D eigenvalue weighted by Crippen LogP contribution is -2.36. The average Bonchev–Trinajstić information content (AvgIpc) is 2.89. The van der Waals surface area contributed by atoms with Crippen molar-refractivity contribution in [2.24, 2.45) is 11.3 Å². The second kappa shape index (κ2) is 4.01. The van der Waals surface area contributed by atoms with Crippen molar-refractivity contribution < 1.29 is 4.79 Å². The molecule has 0 amide bonds. The molecule has 0 aromatic heterocycles. The highest BCUT2D eigenvalue weighted by Crippen LogP contribution is 2.38. The van der Waals surface area contributed by atoms with Gasteiger partial charge in [0.2, 0.25) is 0 Å². The van der Waals surface area contributed by atoms with Crippen molar-refractivity contribution in [1.29, 1.82) is 0 Å². The maximum absolute atomic E-state index is 12.4. The van der Waals surface area contributed by atoms with Crippen molar-refractivity contribution in [2.75, 3.05) is 13.1 Å². The van der Waals surface area contributed by atoms with Gasteiger partial charge in [-0.15, -0.1) is 0 Å². The minimum absolute atomic E-state index is 0.00894. The molecule has 0 radical (unpaired) electrons. The molecular formula is C12H21NO. The number of rotatable bonds is 3. The van der Waals surface area contributed by atoms with E-state index in [0.29, 0.717) is 11.7 Å². The zero-order chi connectivity index (χ0) is 10.0. The Bertz CT molecular complexity index is 212. The van der Waals surface area contributed by atoms with Gasteiger partial charge in [0, 0.05) is 17.9 Å². The topological polar surface area (TPSA) is 29.1 Å². The molecule has 14 heavy (non-hydrogen) atoms. The summed E-state index contributed by atoms with van der Waals surface area (Å²) < 4.78 is 0. The van der Waals surface area contributed by atoms with Gasteiger partial charge >= 0.3 is 0 Å². The molecule has 1 N–H and O–H groups in total. The van der Waals surface area contributed by atoms with Crippen molar-refractivity contribution in [3.05, 3.63) is 0 Å². The lowest BCUT2D eigenvalue weighted by molar-refractivity contribution is -0.132. The van der Waals surface area contributed by atoms with Gasteiger partial charge in [0.1, 0.15) is 5.78 Å². The van der Waals surface area contributed by atoms with E-state index in [4.69, 9.17) is 0 Å². The molecule has 1 atom stereocenters. The Morgan fingerprint density at radius 3 is 2.64 bits per heavy atom. The largest absolute Gasteiger partial charge is 0.316 e. The van der Waals surface area contributed by atoms with Crippen molar-refractivity contribution in [2.45, 2.75) is 45.4 Å². The van der Waals surface area contributed by atoms with Crippen LogP contribution in [0.2, 0.25) is 0 Å². The smallest absolute Gasteiger partial charge is 0.143 e. The van der Waals surface area contributed by atoms with E-state index >= 15 is 0 Å². The number of hydrogen-bond acceptors (Lipinski definition) is 2. The second-order valence-electron chi connectivity index (χ2n) is 4.91. The predicted octanol–water partition coefficient (Wildman–Crippen LogP) is 2.14. The Hall–Kier alpha value is -0.370. The molecule has 1 saturated heterocycles. The highest BCUT2D eigenvalue weighted by Gasteiger charge is 2.42. The third-order valence-corrected chi connectivity index (χ3v) is 4.17. The molecule has 80 valence electrons. The lowest BCUT2D eigenvalue weighted by Gasteiger charge is -2.28. The molecule has 1 aliphatic heterocycles. The second-order valence-corrected chi connectivity index (χ2v) is 4.91. The highest BCUT2D eigenvalue weighted by atomic mass is 16.1. The van der Waals surface area contributed by atoms with Gasteiger partial charge in [-0.05, 0) is 32.2 Å². The molecule has 2 aliphatic rings. The quantitative estimate of drug-likeness (QED) is 0.747. The number of carbonyl (C=O) groups excluding carboxylic acids is 1. The van der Waals surface area contributed by atoms with Gasteiger partial charge in [0.25, 0.3) is 0 Å². The van der Waals surface area contributed by atoms with Crippen molar-refractivity contribution >= 4 is 5.78 Å². The molecule has 1 unspecified atom stereocenters. The van der Waals surface area contributed by atoms with Crippen molar-refractivity contribution in [3.8, 4) is 0 Å². The van der Waals surface area contributed by atoms with Gasteiger partial charge in [0.05, 0.1) is 0 Å². The SMILES string of the molecule is CCC1(C(=O)C2CCCC2)CCNC1. The summed E-state index contributed by atoms with van der Waals surface area (Å²) in [5.41, 5.74) is 0.00894. The summed E-state index contributed by atoms with van der Waals surface area (Å²) in [5.74, 6) is 0.970. The standard InChI is InChI=1S/C12H21NO/c1-2-12(7-8-13-9-12)11(14)10-5-3-4-6-10/h10,13H,2-9H2,1H3. The number of Topliss-reactive ketones (excluding diaryl/α,β-unsaturated/α-hetero) is 1. The lowest BCUT2D eigenvalue weighted by atomic mass is 9.74. The first-order valence-corrected chi connectivity index (χ1v) is 6.03. The monoisotopic (exact) mass is 195 g/mol. The van der Waals surface area contributed by atoms with E-state index in [2.05, 4.69) is 12.2 Å². The molecule has 2 fully saturated rings. The van der Waals surface area contributed by atoms with Gasteiger partial charge in [-0.3, -0.25) is 4.79 Å². The first-order valence-electron chi connectivity index (χ1n) is 6.03. The van der Waals surface area contributed by atoms with Crippen LogP contribution in [0.3, 0.4) is 0 Å². The molecule has 0 aromatic carbocycles. The van der Waals surface area contributed by atoms with Crippen LogP contribution in [-0.2, 0) is 4.79 Å². The van der Waals surface area contributed by atoms with Crippen LogP contribution < -0.4 is 5.32 Å². The Balaban J connectivity index is 2.06. The summed E-state index contributed by atoms with van der Waals surface area (Å²) >= 11 is 0. The highest BCUT2D eigenvalue weighted by molar-refractivity contribution is 5.87. The van der Waals surface area contributed by atoms with Gasteiger partial charge < -0.3 is 5.32 Å². The molecular weight excluding hydrogens is 174 g/mol. The van der Waals surface area contributed by atoms with Crippen LogP contribution in [-0.4, -0.2) is 18.9 Å². The predicted molar refractivity (Wildman–Crippen MR) is 57.2 cm³/mol. The van der Waals surface area contributed by atoms with E-state index in [1.54, 1.807) is 0 Å². The first kappa shape index (κ1) is 10.2. The van der Waals surface area contributed by atoms with Crippen molar-refractivity contribution in [3.63, 3.8) is 0 Å². The molecule has 0 spiro atoms. The fourth-order valence-corrected chi connectivity index (χ4v) is 3.05. The minimum Gasteiger partial charge on any atom is -0.316 e. The van der Waals surface area contributed by atoms with Crippen LogP contribution in [0.15, 0.2) is 0 Å². The van der Waals surface area contributed by atoms with E-state index in [0.717, 1.165) is 38.8 Å². The zero-order valence-electron chi connectivity index (χ0n) is 9.14. The summed E-state index contributed by atoms with van der Waals surface area (Å²) in [7, 11) is 0. The fraction of sp³-hybridized carbons (Fsp3) is 0.917. The molecule has 1 heterocycles. The van der Waals surface area contributed by atoms with Gasteiger partial charge in [-0.2, -0.15) is 0 Å². The number of ketones is 1. The van der Waals surface area contributed by atoms with Crippen LogP contribution in [0, 0.1) is 11.3 Å². The van der Waals surface area contributed by atoms with Gasteiger partial charge in [-0.25, -0.2) is 0 Å². The number of carbonyl (C=O) groups is 1. The summed E-state index contributed by atoms with van der Waals surface area (Å²) in [6.45, 7) is 4.13. The molecule has 2 rings (SSSR count). The maximum Gasteiger partial charge on any atom is 0.143 e. The summed E-state index contributed by atoms with van der Waals surface area (Å²) in [6, 6.07) is 0. The molecule has 2 heteroatoms. The Morgan fingerprint density at radius 1 is 1.43 bits per heavy atom. The Morgan fingerprint density at radius 2 is 2.14 bits per heavy atom. The van der Waals surface area contributed by atoms with Gasteiger partial charge in [-0.1, -0.05) is 19.8 Å². The average molecular weight is 195 g/mol. The molecule has 2 nitrogen and oxygen atoms in total. The van der Waals surface area contributed by atoms with Gasteiger partial charge in [0.15, 0.2) is 0 Å². The zero-order valence-corrected chi connectivity index (χ0v) is 9.14. The normalized spacial score (nSPS) is 33.8. The third kappa shape index (κ3) is 1.60. The molecule has 0 aromatic rings. The fourth-order valence-electron chi connectivity index (χ4n) is 3.05. The Labute approximate surface area is 86.5 Å². The molecule has 1 saturated carbocycles. The molecule has 0 bridgehead atoms. The summed E-state index contributed by atoms with van der Waals surface area (Å²) in [6.07, 6.45) is 6.93. The van der Waals surface area contributed by atoms with Crippen LogP contribution in [0.4, 0.5) is 0 Å². The summed E-state index contributed by atoms with van der Waals surface area (Å²) in [5, 5.41) is 3.35. The van der Waals surface area contributed by atoms with Crippen LogP contribution in [0.1, 0.15) is 45.4 Å². The van der Waals surface area contributed by atoms with Crippen molar-refractivity contribution in [1.82, 2.24) is 5.32 Å². The van der Waals surface area contributed by atoms with E-state index in [1.807, 2.05) is 0 Å². The van der Waals surface area contributed by atoms with E-state index in [-0.39, 0.29) is 5.41 Å². The minimum atomic E-state index is 0.00894. The third-order valence-electron chi connectivity index (χ3n) is 4.17. The van der Waals surface area contributed by atoms with E-state index in [1.165, 1.54) is 12.8 Å². The molecule has 1 aliphatic carbocycles. The van der Waals surface area contributed by atoms with Crippen LogP contribution >= 0.6 is 0 Å². The Kier molecular flexibility index (Phi) is 2.91. The number of hydrogen-bond donors (Lipinski definition) is 1. The van der Waals surface area contributed by atoms with Crippen LogP contribution in [0.25, 0.3) is 0 Å².